The van der Waals surface area contributed by atoms with Crippen molar-refractivity contribution in [2.75, 3.05) is 46.4 Å². The minimum Gasteiger partial charge on any atom is -0.394 e. The van der Waals surface area contributed by atoms with E-state index in [1.165, 1.54) is 32.1 Å². The molecule has 0 radical (unpaired) electrons. The highest BCUT2D eigenvalue weighted by atomic mass is 35.5. The first-order chi connectivity index (χ1) is 11.2. The molecule has 0 bridgehead atoms. The Balaban J connectivity index is 0.00000208. The maximum Gasteiger partial charge on any atom is 0.109 e. The molecule has 0 unspecified atom stereocenters. The lowest BCUT2D eigenvalue weighted by Crippen LogP contribution is -2.53. The van der Waals surface area contributed by atoms with E-state index < -0.39 is 12.2 Å². The third-order valence-corrected chi connectivity index (χ3v) is 5.78. The van der Waals surface area contributed by atoms with Gasteiger partial charge in [-0.05, 0) is 58.9 Å². The molecule has 0 aliphatic carbocycles. The van der Waals surface area contributed by atoms with E-state index in [-0.39, 0.29) is 56.0 Å². The Morgan fingerprint density at radius 1 is 0.962 bits per heavy atom. The number of hydrogen-bond donors (Lipinski definition) is 3. The number of likely N-dealkylation sites (tertiary alicyclic amines) is 2. The highest BCUT2D eigenvalue weighted by Crippen LogP contribution is 2.28. The molecule has 3 aliphatic heterocycles. The fraction of sp³-hybridized carbons (Fsp3) is 1.00. The van der Waals surface area contributed by atoms with Crippen molar-refractivity contribution in [1.82, 2.24) is 15.1 Å². The van der Waals surface area contributed by atoms with Crippen molar-refractivity contribution in [2.45, 2.75) is 62.5 Å². The first-order valence-corrected chi connectivity index (χ1v) is 9.29. The summed E-state index contributed by atoms with van der Waals surface area (Å²) in [6.07, 6.45) is 4.97. The van der Waals surface area contributed by atoms with E-state index in [0.717, 1.165) is 32.7 Å². The minimum atomic E-state index is -0.581. The van der Waals surface area contributed by atoms with E-state index in [2.05, 4.69) is 22.2 Å². The smallest absolute Gasteiger partial charge is 0.109 e. The van der Waals surface area contributed by atoms with Crippen molar-refractivity contribution in [3.05, 3.63) is 0 Å². The highest BCUT2D eigenvalue weighted by molar-refractivity contribution is 5.86. The molecule has 6 nitrogen and oxygen atoms in total. The molecule has 3 rings (SSSR count). The Hall–Kier alpha value is 0.630. The van der Waals surface area contributed by atoms with Crippen molar-refractivity contribution >= 4 is 37.2 Å². The molecule has 0 saturated carbocycles. The summed E-state index contributed by atoms with van der Waals surface area (Å²) in [5.74, 6) is 0. The molecule has 3 heterocycles. The third kappa shape index (κ3) is 6.61. The highest BCUT2D eigenvalue weighted by Gasteiger charge is 2.46. The van der Waals surface area contributed by atoms with Gasteiger partial charge in [-0.15, -0.1) is 37.2 Å². The summed E-state index contributed by atoms with van der Waals surface area (Å²) in [6.45, 7) is 5.02. The lowest BCUT2D eigenvalue weighted by Gasteiger charge is -2.37. The maximum absolute atomic E-state index is 10.6. The van der Waals surface area contributed by atoms with Crippen LogP contribution in [0.2, 0.25) is 0 Å². The summed E-state index contributed by atoms with van der Waals surface area (Å²) in [4.78, 5) is 4.75. The second kappa shape index (κ2) is 13.0. The molecule has 0 aromatic rings. The van der Waals surface area contributed by atoms with E-state index >= 15 is 0 Å². The fourth-order valence-corrected chi connectivity index (χ4v) is 4.31. The van der Waals surface area contributed by atoms with Gasteiger partial charge >= 0.3 is 0 Å². The molecule has 158 valence electrons. The van der Waals surface area contributed by atoms with E-state index in [9.17, 15) is 10.2 Å². The molecular weight excluding hydrogens is 401 g/mol. The van der Waals surface area contributed by atoms with Gasteiger partial charge in [0.15, 0.2) is 0 Å². The number of halogens is 3. The van der Waals surface area contributed by atoms with Gasteiger partial charge in [-0.1, -0.05) is 6.42 Å². The third-order valence-electron chi connectivity index (χ3n) is 5.78. The molecule has 9 heteroatoms. The van der Waals surface area contributed by atoms with Crippen LogP contribution in [0.25, 0.3) is 0 Å². The number of hydrogen-bond acceptors (Lipinski definition) is 6. The second-order valence-electron chi connectivity index (χ2n) is 7.46. The Kier molecular flexibility index (Phi) is 13.3. The van der Waals surface area contributed by atoms with Gasteiger partial charge in [-0.25, -0.2) is 0 Å². The standard InChI is InChI=1S/C17H33N3O3.3ClH/c1-19-9-5-13(6-10-19)18-11-14-16(17(22)15(12-21)23-14)20-7-3-2-4-8-20;;;/h13-18,21-22H,2-12H2,1H3;3*1H/t14-,15+,16+,17-;;;/m1.../s1. The SMILES string of the molecule is CN1CCC(NC[C@H]2O[C@@H](CO)[C@@H](O)[C@H]2N2CCCCC2)CC1.Cl.Cl.Cl. The number of nitrogens with zero attached hydrogens (tertiary/aromatic N) is 2. The van der Waals surface area contributed by atoms with Crippen LogP contribution in [0.15, 0.2) is 0 Å². The zero-order valence-corrected chi connectivity index (χ0v) is 18.0. The van der Waals surface area contributed by atoms with Gasteiger partial charge in [0.05, 0.1) is 18.8 Å². The average molecular weight is 437 g/mol. The fourth-order valence-electron chi connectivity index (χ4n) is 4.31. The monoisotopic (exact) mass is 435 g/mol. The Bertz CT molecular complexity index is 370. The quantitative estimate of drug-likeness (QED) is 0.595. The van der Waals surface area contributed by atoms with Crippen LogP contribution in [0.4, 0.5) is 0 Å². The van der Waals surface area contributed by atoms with Crippen molar-refractivity contribution in [2.24, 2.45) is 0 Å². The number of ether oxygens (including phenoxy) is 1. The average Bonchev–Trinajstić information content (AvgIpc) is 2.91. The van der Waals surface area contributed by atoms with Gasteiger partial charge in [0, 0.05) is 12.6 Å². The summed E-state index contributed by atoms with van der Waals surface area (Å²) in [5.41, 5.74) is 0. The van der Waals surface area contributed by atoms with Crippen LogP contribution >= 0.6 is 37.2 Å². The summed E-state index contributed by atoms with van der Waals surface area (Å²) in [7, 11) is 2.17. The number of aliphatic hydroxyl groups excluding tert-OH is 2. The molecule has 0 amide bonds. The van der Waals surface area contributed by atoms with E-state index in [1.54, 1.807) is 0 Å². The second-order valence-corrected chi connectivity index (χ2v) is 7.46. The van der Waals surface area contributed by atoms with Gasteiger partial charge in [0.1, 0.15) is 12.2 Å². The van der Waals surface area contributed by atoms with Crippen LogP contribution < -0.4 is 5.32 Å². The van der Waals surface area contributed by atoms with Crippen LogP contribution in [0.3, 0.4) is 0 Å². The van der Waals surface area contributed by atoms with E-state index in [0.29, 0.717) is 6.04 Å². The first kappa shape index (κ1) is 26.6. The number of piperidine rings is 2. The number of rotatable bonds is 5. The predicted molar refractivity (Wildman–Crippen MR) is 111 cm³/mol. The zero-order chi connectivity index (χ0) is 16.2. The Morgan fingerprint density at radius 3 is 2.15 bits per heavy atom. The first-order valence-electron chi connectivity index (χ1n) is 9.29. The molecule has 26 heavy (non-hydrogen) atoms. The van der Waals surface area contributed by atoms with Gasteiger partial charge in [0.2, 0.25) is 0 Å². The largest absolute Gasteiger partial charge is 0.394 e. The Labute approximate surface area is 176 Å². The van der Waals surface area contributed by atoms with E-state index in [1.807, 2.05) is 0 Å². The van der Waals surface area contributed by atoms with Gasteiger partial charge in [-0.2, -0.15) is 0 Å². The van der Waals surface area contributed by atoms with Crippen molar-refractivity contribution in [3.8, 4) is 0 Å². The summed E-state index contributed by atoms with van der Waals surface area (Å²) < 4.78 is 5.99. The van der Waals surface area contributed by atoms with Crippen LogP contribution in [-0.2, 0) is 4.74 Å². The van der Waals surface area contributed by atoms with Crippen molar-refractivity contribution in [1.29, 1.82) is 0 Å². The summed E-state index contributed by atoms with van der Waals surface area (Å²) in [5, 5.41) is 23.7. The zero-order valence-electron chi connectivity index (χ0n) is 15.6. The molecule has 0 aromatic heterocycles. The predicted octanol–water partition coefficient (Wildman–Crippen LogP) is 0.911. The Morgan fingerprint density at radius 2 is 1.58 bits per heavy atom. The lowest BCUT2D eigenvalue weighted by atomic mass is 9.98. The molecule has 0 spiro atoms. The molecule has 3 aliphatic rings. The van der Waals surface area contributed by atoms with Crippen molar-refractivity contribution < 1.29 is 14.9 Å². The summed E-state index contributed by atoms with van der Waals surface area (Å²) >= 11 is 0. The topological polar surface area (TPSA) is 68.2 Å². The van der Waals surface area contributed by atoms with Gasteiger partial charge in [0.25, 0.3) is 0 Å². The number of aliphatic hydroxyl groups is 2. The maximum atomic E-state index is 10.6. The van der Waals surface area contributed by atoms with Crippen LogP contribution in [0, 0.1) is 0 Å². The summed E-state index contributed by atoms with van der Waals surface area (Å²) in [6, 6.07) is 0.563. The molecule has 3 N–H and O–H groups in total. The van der Waals surface area contributed by atoms with Crippen LogP contribution in [0.1, 0.15) is 32.1 Å². The van der Waals surface area contributed by atoms with Crippen LogP contribution in [0.5, 0.6) is 0 Å². The van der Waals surface area contributed by atoms with Gasteiger partial charge < -0.3 is 25.2 Å². The molecule has 0 aromatic carbocycles. The van der Waals surface area contributed by atoms with Gasteiger partial charge in [-0.3, -0.25) is 4.90 Å². The molecule has 4 atom stereocenters. The lowest BCUT2D eigenvalue weighted by molar-refractivity contribution is -0.0222. The minimum absolute atomic E-state index is 0. The van der Waals surface area contributed by atoms with Crippen molar-refractivity contribution in [3.63, 3.8) is 0 Å². The normalized spacial score (nSPS) is 33.8. The number of nitrogens with one attached hydrogen (secondary N) is 1. The van der Waals surface area contributed by atoms with Crippen LogP contribution in [-0.4, -0.2) is 96.8 Å². The molecule has 3 saturated heterocycles. The van der Waals surface area contributed by atoms with E-state index in [4.69, 9.17) is 4.74 Å². The molecule has 3 fully saturated rings. The molecular formula is C17H36Cl3N3O3.